The van der Waals surface area contributed by atoms with Crippen LogP contribution in [0.5, 0.6) is 46.0 Å². The summed E-state index contributed by atoms with van der Waals surface area (Å²) >= 11 is 0. The first kappa shape index (κ1) is 74.7. The Morgan fingerprint density at radius 3 is 0.387 bits per heavy atom. The summed E-state index contributed by atoms with van der Waals surface area (Å²) in [5, 5.41) is 0. The molecular weight excluding hydrogens is 1390 g/mol. The average Bonchev–Trinajstić information content (AvgIpc) is 0.784. The maximum atomic E-state index is 5.61. The van der Waals surface area contributed by atoms with Crippen LogP contribution in [0.1, 0.15) is 61.9 Å². The van der Waals surface area contributed by atoms with Crippen molar-refractivity contribution in [2.24, 2.45) is 0 Å². The van der Waals surface area contributed by atoms with Gasteiger partial charge in [0.05, 0.1) is 65.0 Å². The summed E-state index contributed by atoms with van der Waals surface area (Å²) in [6.45, 7) is 7.46. The molecule has 0 aromatic heterocycles. The third kappa shape index (κ3) is 16.7. The van der Waals surface area contributed by atoms with E-state index in [1.807, 2.05) is 97.1 Å². The van der Waals surface area contributed by atoms with Crippen molar-refractivity contribution in [1.29, 1.82) is 0 Å². The Morgan fingerprint density at radius 2 is 0.270 bits per heavy atom. The van der Waals surface area contributed by atoms with Gasteiger partial charge in [-0.1, -0.05) is 117 Å². The Kier molecular flexibility index (Phi) is 22.9. The quantitative estimate of drug-likeness (QED) is 0.0331. The van der Waals surface area contributed by atoms with Crippen molar-refractivity contribution < 1.29 is 37.9 Å². The zero-order valence-corrected chi connectivity index (χ0v) is 65.6. The molecule has 0 radical (unpaired) electrons. The number of benzene rings is 14. The molecule has 12 nitrogen and oxygen atoms in total. The molecule has 0 unspecified atom stereocenters. The molecule has 0 aliphatic carbocycles. The smallest absolute Gasteiger partial charge is 0.119 e. The van der Waals surface area contributed by atoms with Gasteiger partial charge in [-0.3, -0.25) is 0 Å². The third-order valence-electron chi connectivity index (χ3n) is 20.7. The van der Waals surface area contributed by atoms with Crippen LogP contribution in [0.3, 0.4) is 0 Å². The molecule has 14 rings (SSSR count). The van der Waals surface area contributed by atoms with Crippen molar-refractivity contribution in [3.63, 3.8) is 0 Å². The van der Waals surface area contributed by atoms with Gasteiger partial charge in [-0.2, -0.15) is 0 Å². The van der Waals surface area contributed by atoms with Gasteiger partial charge in [0, 0.05) is 85.6 Å². The molecule has 13 heteroatoms. The Labute approximate surface area is 654 Å². The maximum Gasteiger partial charge on any atom is 0.119 e. The van der Waals surface area contributed by atoms with E-state index < -0.39 is 8.07 Å². The van der Waals surface area contributed by atoms with E-state index in [0.29, 0.717) is 0 Å². The van der Waals surface area contributed by atoms with Gasteiger partial charge in [0.1, 0.15) is 46.0 Å². The summed E-state index contributed by atoms with van der Waals surface area (Å²) < 4.78 is 44.9. The number of ether oxygens (including phenoxy) is 8. The molecule has 0 atom stereocenters. The van der Waals surface area contributed by atoms with Gasteiger partial charge in [-0.05, 0) is 287 Å². The zero-order chi connectivity index (χ0) is 77.0. The van der Waals surface area contributed by atoms with Crippen molar-refractivity contribution in [1.82, 2.24) is 0 Å². The Morgan fingerprint density at radius 1 is 0.162 bits per heavy atom. The second kappa shape index (κ2) is 34.0. The molecule has 14 aromatic carbocycles. The highest BCUT2D eigenvalue weighted by Gasteiger charge is 2.32. The lowest BCUT2D eigenvalue weighted by Gasteiger charge is -2.31. The molecule has 0 aliphatic heterocycles. The fraction of sp³-hybridized carbons (Fsp3) is 0.143. The molecule has 0 heterocycles. The highest BCUT2D eigenvalue weighted by molar-refractivity contribution is 6.78. The standard InChI is InChI=1S/C98H92N4O8Si/c1-103-88-52-36-80(37-53-88)99(81-38-54-89(104-2)55-39-81)76-28-20-70(21-29-76)96(71-22-30-77(31-23-71)100(82-40-56-90(105-3)57-41-82)83-42-58-91(106-4)59-43-83)68-12-16-74(17-13-68)98(111(9,10)11)75-18-14-69(15-19-75)97(72-24-32-78(33-25-72)101(84-44-60-92(107-5)61-45-84)85-46-62-93(108-6)63-47-85)73-26-34-79(35-27-73)102(86-48-64-94(109-7)65-49-86)87-50-66-95(110-8)67-51-87/h12-67,96-98H,1-11H3. The maximum absolute atomic E-state index is 5.61. The molecule has 0 amide bonds. The van der Waals surface area contributed by atoms with Gasteiger partial charge < -0.3 is 57.5 Å². The summed E-state index contributed by atoms with van der Waals surface area (Å²) in [5.74, 6) is 6.03. The predicted octanol–water partition coefficient (Wildman–Crippen LogP) is 25.0. The van der Waals surface area contributed by atoms with Gasteiger partial charge in [-0.15, -0.1) is 0 Å². The topological polar surface area (TPSA) is 86.8 Å². The highest BCUT2D eigenvalue weighted by atomic mass is 28.3. The van der Waals surface area contributed by atoms with Gasteiger partial charge in [0.2, 0.25) is 0 Å². The normalized spacial score (nSPS) is 11.3. The summed E-state index contributed by atoms with van der Waals surface area (Å²) in [7, 11) is 11.5. The minimum absolute atomic E-state index is 0.140. The number of rotatable bonds is 29. The third-order valence-corrected chi connectivity index (χ3v) is 23.1. The lowest BCUT2D eigenvalue weighted by Crippen LogP contribution is -2.32. The molecule has 0 saturated carbocycles. The highest BCUT2D eigenvalue weighted by Crippen LogP contribution is 2.46. The van der Waals surface area contributed by atoms with E-state index in [9.17, 15) is 0 Å². The van der Waals surface area contributed by atoms with Crippen LogP contribution in [0.4, 0.5) is 68.2 Å². The second-order valence-corrected chi connectivity index (χ2v) is 33.6. The van der Waals surface area contributed by atoms with Crippen LogP contribution in [0, 0.1) is 0 Å². The molecule has 0 bridgehead atoms. The fourth-order valence-electron chi connectivity index (χ4n) is 15.0. The number of anilines is 12. The van der Waals surface area contributed by atoms with Crippen LogP contribution < -0.4 is 57.5 Å². The minimum atomic E-state index is -2.02. The minimum Gasteiger partial charge on any atom is -0.497 e. The molecule has 0 saturated heterocycles. The summed E-state index contributed by atoms with van der Waals surface area (Å²) in [6, 6.07) is 121. The van der Waals surface area contributed by atoms with E-state index in [2.05, 4.69) is 282 Å². The summed E-state index contributed by atoms with van der Waals surface area (Å²) in [4.78, 5) is 9.05. The number of nitrogens with zero attached hydrogens (tertiary/aromatic N) is 4. The van der Waals surface area contributed by atoms with Gasteiger partial charge >= 0.3 is 0 Å². The molecule has 0 fully saturated rings. The molecule has 0 aliphatic rings. The van der Waals surface area contributed by atoms with E-state index in [1.165, 1.54) is 22.3 Å². The van der Waals surface area contributed by atoms with Crippen LogP contribution in [-0.2, 0) is 0 Å². The zero-order valence-electron chi connectivity index (χ0n) is 64.6. The van der Waals surface area contributed by atoms with E-state index >= 15 is 0 Å². The van der Waals surface area contributed by atoms with Crippen LogP contribution in [0.15, 0.2) is 340 Å². The molecule has 0 spiro atoms. The number of hydrogen-bond acceptors (Lipinski definition) is 12. The lowest BCUT2D eigenvalue weighted by atomic mass is 9.83. The predicted molar refractivity (Wildman–Crippen MR) is 457 cm³/mol. The molecule has 111 heavy (non-hydrogen) atoms. The fourth-order valence-corrected chi connectivity index (χ4v) is 17.4. The van der Waals surface area contributed by atoms with Gasteiger partial charge in [0.25, 0.3) is 0 Å². The van der Waals surface area contributed by atoms with Crippen LogP contribution in [0.2, 0.25) is 19.6 Å². The van der Waals surface area contributed by atoms with E-state index in [0.717, 1.165) is 136 Å². The Hall–Kier alpha value is -13.1. The first-order chi connectivity index (χ1) is 54.2. The SMILES string of the molecule is COc1ccc(N(c2ccc(OC)cc2)c2ccc(C(c3ccc(C(c4ccc(C(c5ccc(N(c6ccc(OC)cc6)c6ccc(OC)cc6)cc5)c5ccc(N(c6ccc(OC)cc6)c6ccc(OC)cc6)cc5)cc4)[Si](C)(C)C)cc3)c3ccc(N(c4ccc(OC)cc4)c4ccc(OC)cc4)cc3)cc2)cc1. The Balaban J connectivity index is 0.838. The molecule has 0 N–H and O–H groups in total. The first-order valence-electron chi connectivity index (χ1n) is 37.2. The van der Waals surface area contributed by atoms with Crippen molar-refractivity contribution in [3.8, 4) is 46.0 Å². The average molecular weight is 1480 g/mol. The van der Waals surface area contributed by atoms with E-state index in [4.69, 9.17) is 37.9 Å². The van der Waals surface area contributed by atoms with Crippen molar-refractivity contribution in [2.45, 2.75) is 37.0 Å². The van der Waals surface area contributed by atoms with Crippen molar-refractivity contribution in [3.05, 3.63) is 384 Å². The van der Waals surface area contributed by atoms with Gasteiger partial charge in [0.15, 0.2) is 0 Å². The second-order valence-electron chi connectivity index (χ2n) is 28.3. The Bertz CT molecular complexity index is 4500. The monoisotopic (exact) mass is 1480 g/mol. The van der Waals surface area contributed by atoms with Crippen molar-refractivity contribution in [2.75, 3.05) is 76.5 Å². The lowest BCUT2D eigenvalue weighted by molar-refractivity contribution is 0.414. The van der Waals surface area contributed by atoms with Crippen LogP contribution in [-0.4, -0.2) is 65.0 Å². The van der Waals surface area contributed by atoms with Gasteiger partial charge in [-0.25, -0.2) is 0 Å². The number of hydrogen-bond donors (Lipinski definition) is 0. The van der Waals surface area contributed by atoms with Crippen molar-refractivity contribution >= 4 is 76.3 Å². The molecule has 556 valence electrons. The largest absolute Gasteiger partial charge is 0.497 e. The molecule has 14 aromatic rings. The first-order valence-corrected chi connectivity index (χ1v) is 40.8. The van der Waals surface area contributed by atoms with E-state index in [-0.39, 0.29) is 17.4 Å². The number of methoxy groups -OCH3 is 8. The van der Waals surface area contributed by atoms with E-state index in [1.54, 1.807) is 56.9 Å². The summed E-state index contributed by atoms with van der Waals surface area (Å²) in [5.41, 5.74) is 21.7. The van der Waals surface area contributed by atoms with Crippen LogP contribution >= 0.6 is 0 Å². The summed E-state index contributed by atoms with van der Waals surface area (Å²) in [6.07, 6.45) is 0. The van der Waals surface area contributed by atoms with Crippen LogP contribution in [0.25, 0.3) is 0 Å². The molecular formula is C98H92N4O8Si.